The topological polar surface area (TPSA) is 81.5 Å². The normalized spacial score (nSPS) is 27.5. The summed E-state index contributed by atoms with van der Waals surface area (Å²) in [6, 6.07) is 13.2. The van der Waals surface area contributed by atoms with Gasteiger partial charge in [0, 0.05) is 25.6 Å². The van der Waals surface area contributed by atoms with E-state index in [4.69, 9.17) is 21.8 Å². The van der Waals surface area contributed by atoms with Crippen LogP contribution < -0.4 is 10.5 Å². The van der Waals surface area contributed by atoms with Gasteiger partial charge in [0.1, 0.15) is 11.4 Å². The van der Waals surface area contributed by atoms with E-state index in [1.165, 1.54) is 4.90 Å². The Morgan fingerprint density at radius 1 is 1.23 bits per heavy atom. The zero-order valence-electron chi connectivity index (χ0n) is 16.7. The van der Waals surface area contributed by atoms with E-state index in [1.807, 2.05) is 36.4 Å². The molecule has 2 N–H and O–H groups in total. The standard InChI is InChI=1S/C23H22N4O3/c1-25-17-6-3-5-15(11-17)16-7-8-19-18(12-16)23(20(28)27(2)21(24)26-23)13-22(30-19)9-4-10-29-14-22/h3,5-8,11-12H,4,9-10,13-14H2,2H3,(H2,24,26)/t22-,23+/m1/s1. The van der Waals surface area contributed by atoms with Crippen LogP contribution in [0.1, 0.15) is 24.8 Å². The first-order valence-corrected chi connectivity index (χ1v) is 9.99. The SMILES string of the molecule is [C-]#[N+]c1cccc(-c2ccc3c(c2)[C@]2(C[C@@]4(CCCOC4)O3)N=C(N)N(C)C2=O)c1. The van der Waals surface area contributed by atoms with Gasteiger partial charge in [-0.2, -0.15) is 0 Å². The minimum atomic E-state index is -1.12. The van der Waals surface area contributed by atoms with Crippen LogP contribution in [-0.2, 0) is 15.1 Å². The number of guanidine groups is 1. The van der Waals surface area contributed by atoms with Crippen LogP contribution in [0.2, 0.25) is 0 Å². The summed E-state index contributed by atoms with van der Waals surface area (Å²) in [4.78, 5) is 23.0. The first-order chi connectivity index (χ1) is 14.5. The second-order valence-corrected chi connectivity index (χ2v) is 8.19. The summed E-state index contributed by atoms with van der Waals surface area (Å²) in [5.41, 5.74) is 7.44. The van der Waals surface area contributed by atoms with Crippen molar-refractivity contribution < 1.29 is 14.3 Å². The lowest BCUT2D eigenvalue weighted by atomic mass is 9.74. The van der Waals surface area contributed by atoms with Gasteiger partial charge in [-0.25, -0.2) is 9.84 Å². The Balaban J connectivity index is 1.68. The van der Waals surface area contributed by atoms with Crippen molar-refractivity contribution in [3.63, 3.8) is 0 Å². The molecule has 3 aliphatic heterocycles. The Morgan fingerprint density at radius 3 is 2.77 bits per heavy atom. The zero-order chi connectivity index (χ0) is 20.9. The van der Waals surface area contributed by atoms with Gasteiger partial charge in [0.2, 0.25) is 0 Å². The van der Waals surface area contributed by atoms with Crippen LogP contribution in [0, 0.1) is 6.57 Å². The minimum absolute atomic E-state index is 0.151. The Labute approximate surface area is 174 Å². The van der Waals surface area contributed by atoms with Gasteiger partial charge in [0.25, 0.3) is 5.91 Å². The predicted octanol–water partition coefficient (Wildman–Crippen LogP) is 3.22. The number of aliphatic imine (C=N–C) groups is 1. The van der Waals surface area contributed by atoms with E-state index < -0.39 is 11.1 Å². The van der Waals surface area contributed by atoms with Gasteiger partial charge in [-0.15, -0.1) is 0 Å². The molecule has 5 rings (SSSR count). The van der Waals surface area contributed by atoms with E-state index >= 15 is 0 Å². The zero-order valence-corrected chi connectivity index (χ0v) is 16.7. The molecule has 30 heavy (non-hydrogen) atoms. The van der Waals surface area contributed by atoms with Crippen molar-refractivity contribution in [1.29, 1.82) is 0 Å². The fourth-order valence-corrected chi connectivity index (χ4v) is 4.74. The highest BCUT2D eigenvalue weighted by Gasteiger charge is 2.58. The summed E-state index contributed by atoms with van der Waals surface area (Å²) in [5.74, 6) is 0.693. The summed E-state index contributed by atoms with van der Waals surface area (Å²) < 4.78 is 12.2. The van der Waals surface area contributed by atoms with Gasteiger partial charge in [-0.3, -0.25) is 9.69 Å². The maximum absolute atomic E-state index is 13.4. The molecule has 0 saturated carbocycles. The van der Waals surface area contributed by atoms with Gasteiger partial charge >= 0.3 is 0 Å². The molecule has 152 valence electrons. The smallest absolute Gasteiger partial charge is 0.261 e. The molecule has 0 aliphatic carbocycles. The van der Waals surface area contributed by atoms with Crippen molar-refractivity contribution >= 4 is 17.6 Å². The van der Waals surface area contributed by atoms with E-state index in [-0.39, 0.29) is 11.9 Å². The van der Waals surface area contributed by atoms with E-state index in [9.17, 15) is 4.79 Å². The van der Waals surface area contributed by atoms with Crippen molar-refractivity contribution in [2.24, 2.45) is 10.7 Å². The van der Waals surface area contributed by atoms with E-state index in [1.54, 1.807) is 13.1 Å². The van der Waals surface area contributed by atoms with Gasteiger partial charge in [0.15, 0.2) is 17.2 Å². The number of likely N-dealkylation sites (N-methyl/N-ethyl adjacent to an activating group) is 1. The fourth-order valence-electron chi connectivity index (χ4n) is 4.74. The quantitative estimate of drug-likeness (QED) is 0.743. The fraction of sp³-hybridized carbons (Fsp3) is 0.348. The highest BCUT2D eigenvalue weighted by molar-refractivity contribution is 6.07. The minimum Gasteiger partial charge on any atom is -0.484 e. The molecule has 2 aromatic rings. The summed E-state index contributed by atoms with van der Waals surface area (Å²) in [7, 11) is 1.65. The van der Waals surface area contributed by atoms with E-state index in [0.717, 1.165) is 24.0 Å². The number of nitrogens with zero attached hydrogens (tertiary/aromatic N) is 3. The number of carbonyl (C=O) groups is 1. The molecule has 0 radical (unpaired) electrons. The lowest BCUT2D eigenvalue weighted by Gasteiger charge is -2.46. The largest absolute Gasteiger partial charge is 0.484 e. The van der Waals surface area contributed by atoms with Crippen LogP contribution in [0.15, 0.2) is 47.5 Å². The van der Waals surface area contributed by atoms with Gasteiger partial charge in [-0.05, 0) is 42.2 Å². The Kier molecular flexibility index (Phi) is 4.09. The van der Waals surface area contributed by atoms with Gasteiger partial charge < -0.3 is 15.2 Å². The molecule has 7 nitrogen and oxygen atoms in total. The van der Waals surface area contributed by atoms with Crippen LogP contribution >= 0.6 is 0 Å². The molecule has 1 saturated heterocycles. The van der Waals surface area contributed by atoms with Crippen LogP contribution in [0.4, 0.5) is 5.69 Å². The number of hydrogen-bond donors (Lipinski definition) is 1. The van der Waals surface area contributed by atoms with Crippen LogP contribution in [0.3, 0.4) is 0 Å². The molecule has 1 amide bonds. The second-order valence-electron chi connectivity index (χ2n) is 8.19. The third kappa shape index (κ3) is 2.68. The first-order valence-electron chi connectivity index (χ1n) is 9.99. The number of carbonyl (C=O) groups excluding carboxylic acids is 1. The van der Waals surface area contributed by atoms with Crippen molar-refractivity contribution in [2.45, 2.75) is 30.4 Å². The molecule has 2 atom stereocenters. The molecular formula is C23H22N4O3. The van der Waals surface area contributed by atoms with E-state index in [2.05, 4.69) is 9.84 Å². The van der Waals surface area contributed by atoms with Crippen molar-refractivity contribution in [1.82, 2.24) is 4.90 Å². The first kappa shape index (κ1) is 18.6. The molecule has 1 fully saturated rings. The number of rotatable bonds is 1. The van der Waals surface area contributed by atoms with Crippen molar-refractivity contribution in [2.75, 3.05) is 20.3 Å². The number of benzene rings is 2. The maximum Gasteiger partial charge on any atom is 0.261 e. The average molecular weight is 402 g/mol. The van der Waals surface area contributed by atoms with Crippen molar-refractivity contribution in [3.8, 4) is 16.9 Å². The lowest BCUT2D eigenvalue weighted by molar-refractivity contribution is -0.139. The maximum atomic E-state index is 13.4. The number of nitrogens with two attached hydrogens (primary N) is 1. The molecule has 2 spiro atoms. The van der Waals surface area contributed by atoms with E-state index in [0.29, 0.717) is 36.6 Å². The monoisotopic (exact) mass is 402 g/mol. The predicted molar refractivity (Wildman–Crippen MR) is 112 cm³/mol. The highest BCUT2D eigenvalue weighted by atomic mass is 16.5. The molecule has 0 unspecified atom stereocenters. The van der Waals surface area contributed by atoms with Crippen LogP contribution in [0.5, 0.6) is 5.75 Å². The molecule has 0 aromatic heterocycles. The van der Waals surface area contributed by atoms with Crippen LogP contribution in [0.25, 0.3) is 16.0 Å². The molecule has 7 heteroatoms. The molecule has 3 aliphatic rings. The number of ether oxygens (including phenoxy) is 2. The number of fused-ring (bicyclic) bond motifs is 2. The van der Waals surface area contributed by atoms with Crippen molar-refractivity contribution in [3.05, 3.63) is 59.4 Å². The van der Waals surface area contributed by atoms with Gasteiger partial charge in [0.05, 0.1) is 13.2 Å². The molecule has 3 heterocycles. The lowest BCUT2D eigenvalue weighted by Crippen LogP contribution is -2.55. The number of hydrogen-bond acceptors (Lipinski definition) is 5. The van der Waals surface area contributed by atoms with Crippen LogP contribution in [-0.4, -0.2) is 42.6 Å². The Hall–Kier alpha value is -3.37. The Morgan fingerprint density at radius 2 is 2.07 bits per heavy atom. The summed E-state index contributed by atoms with van der Waals surface area (Å²) in [6.45, 7) is 8.40. The summed E-state index contributed by atoms with van der Waals surface area (Å²) in [5, 5.41) is 0. The second kappa shape index (κ2) is 6.57. The number of amides is 1. The molecule has 2 aromatic carbocycles. The molecular weight excluding hydrogens is 380 g/mol. The Bertz CT molecular complexity index is 1110. The molecule has 0 bridgehead atoms. The third-order valence-corrected chi connectivity index (χ3v) is 6.23. The van der Waals surface area contributed by atoms with Gasteiger partial charge in [-0.1, -0.05) is 24.3 Å². The highest BCUT2D eigenvalue weighted by Crippen LogP contribution is 2.51. The summed E-state index contributed by atoms with van der Waals surface area (Å²) in [6.07, 6.45) is 2.06. The third-order valence-electron chi connectivity index (χ3n) is 6.23. The summed E-state index contributed by atoms with van der Waals surface area (Å²) >= 11 is 0. The average Bonchev–Trinajstić information content (AvgIpc) is 2.98.